The Balaban J connectivity index is 1.74. The van der Waals surface area contributed by atoms with E-state index in [1.54, 1.807) is 11.4 Å². The van der Waals surface area contributed by atoms with Crippen LogP contribution in [0.15, 0.2) is 6.07 Å². The lowest BCUT2D eigenvalue weighted by molar-refractivity contribution is -0.182. The molecule has 6 nitrogen and oxygen atoms in total. The topological polar surface area (TPSA) is 70.7 Å². The van der Waals surface area contributed by atoms with Crippen LogP contribution in [-0.2, 0) is 4.79 Å². The predicted molar refractivity (Wildman–Crippen MR) is 120 cm³/mol. The van der Waals surface area contributed by atoms with Crippen LogP contribution < -0.4 is 4.90 Å². The zero-order valence-corrected chi connectivity index (χ0v) is 19.7. The van der Waals surface area contributed by atoms with E-state index in [2.05, 4.69) is 18.7 Å². The van der Waals surface area contributed by atoms with Gasteiger partial charge in [-0.2, -0.15) is 22.8 Å². The summed E-state index contributed by atoms with van der Waals surface area (Å²) in [4.78, 5) is 18.9. The third kappa shape index (κ3) is 4.43. The summed E-state index contributed by atoms with van der Waals surface area (Å²) in [7, 11) is 0. The Hall–Kier alpha value is -2.32. The minimum Gasteiger partial charge on any atom is -0.481 e. The molecule has 0 unspecified atom stereocenters. The van der Waals surface area contributed by atoms with E-state index in [1.165, 1.54) is 0 Å². The van der Waals surface area contributed by atoms with Crippen LogP contribution in [0.3, 0.4) is 0 Å². The highest BCUT2D eigenvalue weighted by Gasteiger charge is 2.42. The highest BCUT2D eigenvalue weighted by atomic mass is 19.4. The van der Waals surface area contributed by atoms with E-state index < -0.39 is 23.5 Å². The Morgan fingerprint density at radius 3 is 2.48 bits per heavy atom. The van der Waals surface area contributed by atoms with Gasteiger partial charge in [0.2, 0.25) is 0 Å². The van der Waals surface area contributed by atoms with Gasteiger partial charge in [0.15, 0.2) is 5.65 Å². The van der Waals surface area contributed by atoms with Crippen molar-refractivity contribution >= 4 is 17.4 Å². The van der Waals surface area contributed by atoms with E-state index in [9.17, 15) is 23.1 Å². The third-order valence-electron chi connectivity index (χ3n) is 7.52. The molecule has 1 aliphatic heterocycles. The molecule has 182 valence electrons. The van der Waals surface area contributed by atoms with Gasteiger partial charge in [-0.1, -0.05) is 13.8 Å². The number of aromatic nitrogens is 3. The van der Waals surface area contributed by atoms with Crippen molar-refractivity contribution in [3.05, 3.63) is 23.0 Å². The number of carbonyl (C=O) groups is 1. The molecule has 1 atom stereocenters. The lowest BCUT2D eigenvalue weighted by atomic mass is 9.80. The van der Waals surface area contributed by atoms with Crippen molar-refractivity contribution in [2.75, 3.05) is 18.0 Å². The van der Waals surface area contributed by atoms with E-state index in [-0.39, 0.29) is 24.7 Å². The van der Waals surface area contributed by atoms with Gasteiger partial charge in [0, 0.05) is 36.3 Å². The number of fused-ring (bicyclic) bond motifs is 1. The van der Waals surface area contributed by atoms with Gasteiger partial charge in [-0.05, 0) is 58.3 Å². The number of nitrogens with zero attached hydrogens (tertiary/aromatic N) is 4. The lowest BCUT2D eigenvalue weighted by Crippen LogP contribution is -2.47. The Labute approximate surface area is 192 Å². The van der Waals surface area contributed by atoms with Crippen molar-refractivity contribution in [1.82, 2.24) is 14.6 Å². The molecule has 1 N–H and O–H groups in total. The zero-order valence-electron chi connectivity index (χ0n) is 19.7. The largest absolute Gasteiger partial charge is 0.481 e. The highest BCUT2D eigenvalue weighted by molar-refractivity contribution is 5.75. The van der Waals surface area contributed by atoms with Gasteiger partial charge in [-0.3, -0.25) is 4.79 Å². The second kappa shape index (κ2) is 8.47. The fourth-order valence-electron chi connectivity index (χ4n) is 5.62. The number of aliphatic carboxylic acids is 1. The molecule has 0 spiro atoms. The molecule has 1 aliphatic carbocycles. The molecule has 2 aromatic rings. The first-order valence-electron chi connectivity index (χ1n) is 11.9. The fourth-order valence-corrected chi connectivity index (χ4v) is 5.62. The van der Waals surface area contributed by atoms with E-state index >= 15 is 0 Å². The average Bonchev–Trinajstić information content (AvgIpc) is 3.15. The van der Waals surface area contributed by atoms with Gasteiger partial charge in [-0.15, -0.1) is 0 Å². The van der Waals surface area contributed by atoms with Gasteiger partial charge in [0.1, 0.15) is 5.82 Å². The monoisotopic (exact) mass is 466 g/mol. The number of aryl methyl sites for hydroxylation is 1. The Morgan fingerprint density at radius 1 is 1.24 bits per heavy atom. The number of halogens is 3. The summed E-state index contributed by atoms with van der Waals surface area (Å²) in [5.74, 6) is -1.02. The third-order valence-corrected chi connectivity index (χ3v) is 7.52. The van der Waals surface area contributed by atoms with Crippen molar-refractivity contribution in [1.29, 1.82) is 0 Å². The number of rotatable bonds is 4. The molecule has 9 heteroatoms. The minimum absolute atomic E-state index is 0.0217. The maximum absolute atomic E-state index is 13.1. The molecule has 1 saturated heterocycles. The minimum atomic E-state index is -4.13. The SMILES string of the molecule is Cc1nc2cc([C@H]3CC[C@H](C(F)(F)F)CC3)nn2c(N2CCC[C@](C)(C(=O)O)C2)c1C(C)C. The Kier molecular flexibility index (Phi) is 6.12. The van der Waals surface area contributed by atoms with E-state index in [1.807, 2.05) is 13.0 Å². The number of anilines is 1. The number of carboxylic acid groups (broad SMARTS) is 1. The number of hydrogen-bond donors (Lipinski definition) is 1. The molecule has 3 heterocycles. The summed E-state index contributed by atoms with van der Waals surface area (Å²) in [6.45, 7) is 9.03. The highest BCUT2D eigenvalue weighted by Crippen LogP contribution is 2.43. The van der Waals surface area contributed by atoms with Crippen LogP contribution in [0.4, 0.5) is 19.0 Å². The number of alkyl halides is 3. The van der Waals surface area contributed by atoms with Crippen LogP contribution in [0.2, 0.25) is 0 Å². The number of hydrogen-bond acceptors (Lipinski definition) is 4. The molecule has 2 aliphatic rings. The van der Waals surface area contributed by atoms with Crippen molar-refractivity contribution in [3.63, 3.8) is 0 Å². The standard InChI is InChI=1S/C24H33F3N4O2/c1-14(2)20-15(3)28-19-12-18(16-6-8-17(9-7-16)24(25,26)27)29-31(19)21(20)30-11-5-10-23(4,13-30)22(32)33/h12,14,16-17H,5-11,13H2,1-4H3,(H,32,33)/t16-,17-,23-/m0/s1. The molecule has 2 aromatic heterocycles. The molecule has 0 amide bonds. The summed E-state index contributed by atoms with van der Waals surface area (Å²) in [5, 5.41) is 14.7. The van der Waals surface area contributed by atoms with Crippen LogP contribution in [-0.4, -0.2) is 44.9 Å². The molecule has 1 saturated carbocycles. The maximum Gasteiger partial charge on any atom is 0.391 e. The molecule has 33 heavy (non-hydrogen) atoms. The summed E-state index contributed by atoms with van der Waals surface area (Å²) in [6.07, 6.45) is -1.58. The number of piperidine rings is 1. The maximum atomic E-state index is 13.1. The Morgan fingerprint density at radius 2 is 1.91 bits per heavy atom. The van der Waals surface area contributed by atoms with Gasteiger partial charge < -0.3 is 10.0 Å². The molecular formula is C24H33F3N4O2. The van der Waals surface area contributed by atoms with Crippen LogP contribution in [0, 0.1) is 18.3 Å². The van der Waals surface area contributed by atoms with Gasteiger partial charge in [-0.25, -0.2) is 4.98 Å². The Bertz CT molecular complexity index is 1040. The van der Waals surface area contributed by atoms with Crippen molar-refractivity contribution in [2.45, 2.75) is 84.2 Å². The molecule has 2 fully saturated rings. The quantitative estimate of drug-likeness (QED) is 0.627. The molecule has 0 aromatic carbocycles. The van der Waals surface area contributed by atoms with Crippen LogP contribution in [0.1, 0.15) is 88.1 Å². The van der Waals surface area contributed by atoms with Crippen LogP contribution >= 0.6 is 0 Å². The summed E-state index contributed by atoms with van der Waals surface area (Å²) in [6, 6.07) is 1.90. The van der Waals surface area contributed by atoms with Crippen LogP contribution in [0.5, 0.6) is 0 Å². The first kappa shape index (κ1) is 23.8. The summed E-state index contributed by atoms with van der Waals surface area (Å²) in [5.41, 5.74) is 2.52. The van der Waals surface area contributed by atoms with Gasteiger partial charge >= 0.3 is 12.1 Å². The summed E-state index contributed by atoms with van der Waals surface area (Å²) >= 11 is 0. The second-order valence-electron chi connectivity index (χ2n) is 10.4. The fraction of sp³-hybridized carbons (Fsp3) is 0.708. The van der Waals surface area contributed by atoms with E-state index in [4.69, 9.17) is 10.1 Å². The van der Waals surface area contributed by atoms with E-state index in [0.29, 0.717) is 31.5 Å². The van der Waals surface area contributed by atoms with Gasteiger partial charge in [0.05, 0.1) is 17.0 Å². The molecular weight excluding hydrogens is 433 g/mol. The van der Waals surface area contributed by atoms with Crippen LogP contribution in [0.25, 0.3) is 5.65 Å². The summed E-state index contributed by atoms with van der Waals surface area (Å²) < 4.78 is 41.1. The van der Waals surface area contributed by atoms with E-state index in [0.717, 1.165) is 35.7 Å². The smallest absolute Gasteiger partial charge is 0.391 e. The molecule has 0 bridgehead atoms. The molecule has 4 rings (SSSR count). The van der Waals surface area contributed by atoms with Crippen molar-refractivity contribution in [3.8, 4) is 0 Å². The first-order valence-corrected chi connectivity index (χ1v) is 11.9. The average molecular weight is 467 g/mol. The second-order valence-corrected chi connectivity index (χ2v) is 10.4. The number of carboxylic acids is 1. The molecule has 0 radical (unpaired) electrons. The lowest BCUT2D eigenvalue weighted by Gasteiger charge is -2.40. The van der Waals surface area contributed by atoms with Crippen molar-refractivity contribution < 1.29 is 23.1 Å². The first-order chi connectivity index (χ1) is 15.4. The van der Waals surface area contributed by atoms with Gasteiger partial charge in [0.25, 0.3) is 0 Å². The van der Waals surface area contributed by atoms with Crippen molar-refractivity contribution in [2.24, 2.45) is 11.3 Å². The normalized spacial score (nSPS) is 26.8. The predicted octanol–water partition coefficient (Wildman–Crippen LogP) is 5.69. The zero-order chi connectivity index (χ0) is 24.1.